The van der Waals surface area contributed by atoms with E-state index >= 15 is 0 Å². The highest BCUT2D eigenvalue weighted by Crippen LogP contribution is 2.33. The highest BCUT2D eigenvalue weighted by molar-refractivity contribution is 5.97. The molecule has 1 saturated heterocycles. The topological polar surface area (TPSA) is 158 Å². The van der Waals surface area contributed by atoms with Crippen molar-refractivity contribution in [2.45, 2.75) is 6.04 Å². The molecule has 5 aromatic heterocycles. The van der Waals surface area contributed by atoms with Crippen LogP contribution in [0.25, 0.3) is 56.0 Å². The summed E-state index contributed by atoms with van der Waals surface area (Å²) >= 11 is 0. The third-order valence-electron chi connectivity index (χ3n) is 6.38. The average Bonchev–Trinajstić information content (AvgIpc) is 3.49. The number of rotatable bonds is 4. The van der Waals surface area contributed by atoms with Crippen molar-refractivity contribution in [1.82, 2.24) is 40.1 Å². The van der Waals surface area contributed by atoms with Crippen LogP contribution in [0.1, 0.15) is 0 Å². The van der Waals surface area contributed by atoms with Gasteiger partial charge in [-0.05, 0) is 23.8 Å². The molecule has 1 aromatic carbocycles. The van der Waals surface area contributed by atoms with Gasteiger partial charge in [-0.15, -0.1) is 0 Å². The van der Waals surface area contributed by atoms with Crippen LogP contribution in [-0.2, 0) is 0 Å². The fourth-order valence-corrected chi connectivity index (χ4v) is 4.55. The predicted octanol–water partition coefficient (Wildman–Crippen LogP) is 3.01. The van der Waals surface area contributed by atoms with E-state index in [1.54, 1.807) is 31.0 Å². The standard InChI is InChI=1S/C25H19FN10O/c26-13-1-12(2-15(37)3-13)17-5-28-7-21-23(17)33-25(32-21)24-16-4-18(30-8-19(16)34-35-24)20-6-29-9-22(31-20)36-10-14(27)11-36/h1-9,14,37H,10-11,27H2,(H,32,33)(H,34,35). The molecule has 0 radical (unpaired) electrons. The van der Waals surface area contributed by atoms with Crippen LogP contribution in [0.5, 0.6) is 5.75 Å². The Balaban J connectivity index is 1.31. The Morgan fingerprint density at radius 2 is 1.81 bits per heavy atom. The van der Waals surface area contributed by atoms with E-state index in [-0.39, 0.29) is 11.8 Å². The third kappa shape index (κ3) is 3.62. The number of aromatic hydroxyl groups is 1. The summed E-state index contributed by atoms with van der Waals surface area (Å²) in [6.45, 7) is 1.49. The number of pyridine rings is 2. The van der Waals surface area contributed by atoms with Gasteiger partial charge in [0.05, 0.1) is 47.0 Å². The second-order valence-corrected chi connectivity index (χ2v) is 8.98. The van der Waals surface area contributed by atoms with Crippen molar-refractivity contribution in [3.63, 3.8) is 0 Å². The number of imidazole rings is 1. The molecule has 37 heavy (non-hydrogen) atoms. The number of anilines is 1. The molecule has 0 saturated carbocycles. The molecule has 0 amide bonds. The largest absolute Gasteiger partial charge is 0.508 e. The number of benzene rings is 1. The molecule has 0 unspecified atom stereocenters. The molecular formula is C25H19FN10O. The van der Waals surface area contributed by atoms with E-state index in [0.29, 0.717) is 45.1 Å². The molecule has 11 nitrogen and oxygen atoms in total. The second-order valence-electron chi connectivity index (χ2n) is 8.98. The molecule has 182 valence electrons. The van der Waals surface area contributed by atoms with Crippen molar-refractivity contribution in [2.75, 3.05) is 18.0 Å². The Morgan fingerprint density at radius 3 is 2.65 bits per heavy atom. The Bertz CT molecular complexity index is 1790. The van der Waals surface area contributed by atoms with E-state index in [9.17, 15) is 9.50 Å². The number of halogens is 1. The number of phenols is 1. The van der Waals surface area contributed by atoms with Gasteiger partial charge in [0.15, 0.2) is 5.82 Å². The summed E-state index contributed by atoms with van der Waals surface area (Å²) < 4.78 is 14.0. The monoisotopic (exact) mass is 494 g/mol. The minimum Gasteiger partial charge on any atom is -0.508 e. The van der Waals surface area contributed by atoms with Gasteiger partial charge in [-0.2, -0.15) is 5.10 Å². The molecule has 6 aromatic rings. The van der Waals surface area contributed by atoms with Crippen LogP contribution in [0, 0.1) is 5.82 Å². The lowest BCUT2D eigenvalue weighted by atomic mass is 10.1. The zero-order chi connectivity index (χ0) is 25.1. The van der Waals surface area contributed by atoms with E-state index < -0.39 is 5.82 Å². The summed E-state index contributed by atoms with van der Waals surface area (Å²) in [4.78, 5) is 27.9. The number of hydrogen-bond acceptors (Lipinski definition) is 9. The Morgan fingerprint density at radius 1 is 0.946 bits per heavy atom. The zero-order valence-corrected chi connectivity index (χ0v) is 19.2. The molecule has 6 heterocycles. The molecule has 1 fully saturated rings. The third-order valence-corrected chi connectivity index (χ3v) is 6.38. The molecule has 0 aliphatic carbocycles. The van der Waals surface area contributed by atoms with Gasteiger partial charge in [-0.1, -0.05) is 0 Å². The van der Waals surface area contributed by atoms with Gasteiger partial charge in [0.1, 0.15) is 28.8 Å². The second kappa shape index (κ2) is 8.03. The fourth-order valence-electron chi connectivity index (χ4n) is 4.55. The number of H-pyrrole nitrogens is 2. The summed E-state index contributed by atoms with van der Waals surface area (Å²) in [5.41, 5.74) is 10.8. The highest BCUT2D eigenvalue weighted by Gasteiger charge is 2.25. The summed E-state index contributed by atoms with van der Waals surface area (Å²) in [7, 11) is 0. The first-order valence-electron chi connectivity index (χ1n) is 11.5. The van der Waals surface area contributed by atoms with Crippen molar-refractivity contribution in [3.8, 4) is 39.8 Å². The van der Waals surface area contributed by atoms with Crippen LogP contribution < -0.4 is 10.6 Å². The molecule has 5 N–H and O–H groups in total. The molecule has 12 heteroatoms. The van der Waals surface area contributed by atoms with Crippen molar-refractivity contribution >= 4 is 27.8 Å². The lowest BCUT2D eigenvalue weighted by molar-refractivity contribution is 0.469. The van der Waals surface area contributed by atoms with Crippen LogP contribution in [0.4, 0.5) is 10.2 Å². The molecular weight excluding hydrogens is 475 g/mol. The van der Waals surface area contributed by atoms with Gasteiger partial charge in [0.25, 0.3) is 0 Å². The zero-order valence-electron chi connectivity index (χ0n) is 19.2. The van der Waals surface area contributed by atoms with Crippen LogP contribution in [-0.4, -0.2) is 64.3 Å². The lowest BCUT2D eigenvalue weighted by Gasteiger charge is -2.37. The lowest BCUT2D eigenvalue weighted by Crippen LogP contribution is -2.56. The average molecular weight is 494 g/mol. The highest BCUT2D eigenvalue weighted by atomic mass is 19.1. The van der Waals surface area contributed by atoms with Crippen molar-refractivity contribution in [3.05, 3.63) is 61.1 Å². The van der Waals surface area contributed by atoms with Crippen molar-refractivity contribution < 1.29 is 9.50 Å². The van der Waals surface area contributed by atoms with Crippen LogP contribution >= 0.6 is 0 Å². The molecule has 0 bridgehead atoms. The first kappa shape index (κ1) is 21.3. The van der Waals surface area contributed by atoms with Gasteiger partial charge in [0, 0.05) is 42.3 Å². The number of aromatic nitrogens is 8. The normalized spacial score (nSPS) is 13.9. The van der Waals surface area contributed by atoms with Gasteiger partial charge >= 0.3 is 0 Å². The quantitative estimate of drug-likeness (QED) is 0.289. The van der Waals surface area contributed by atoms with Crippen LogP contribution in [0.2, 0.25) is 0 Å². The van der Waals surface area contributed by atoms with Gasteiger partial charge < -0.3 is 20.7 Å². The summed E-state index contributed by atoms with van der Waals surface area (Å²) in [5.74, 6) is 0.535. The van der Waals surface area contributed by atoms with Gasteiger partial charge in [0.2, 0.25) is 0 Å². The number of nitrogens with two attached hydrogens (primary N) is 1. The summed E-state index contributed by atoms with van der Waals surface area (Å²) in [6, 6.07) is 5.89. The van der Waals surface area contributed by atoms with Gasteiger partial charge in [-0.25, -0.2) is 14.4 Å². The van der Waals surface area contributed by atoms with E-state index in [0.717, 1.165) is 35.9 Å². The van der Waals surface area contributed by atoms with Gasteiger partial charge in [-0.3, -0.25) is 20.1 Å². The number of phenolic OH excluding ortho intramolecular Hbond substituents is 1. The Labute approximate surface area is 208 Å². The Hall–Kier alpha value is -4.97. The molecule has 1 aliphatic heterocycles. The number of nitrogens with one attached hydrogen (secondary N) is 2. The fraction of sp³-hybridized carbons (Fsp3) is 0.120. The minimum atomic E-state index is -0.551. The summed E-state index contributed by atoms with van der Waals surface area (Å²) in [6.07, 6.45) is 8.31. The predicted molar refractivity (Wildman–Crippen MR) is 135 cm³/mol. The Kier molecular flexibility index (Phi) is 4.63. The first-order valence-corrected chi connectivity index (χ1v) is 11.5. The maximum Gasteiger partial charge on any atom is 0.159 e. The first-order chi connectivity index (χ1) is 18.0. The van der Waals surface area contributed by atoms with E-state index in [2.05, 4.69) is 35.0 Å². The molecule has 7 rings (SSSR count). The number of fused-ring (bicyclic) bond motifs is 2. The molecule has 1 aliphatic rings. The smallest absolute Gasteiger partial charge is 0.159 e. The number of hydrogen-bond donors (Lipinski definition) is 4. The van der Waals surface area contributed by atoms with E-state index in [1.807, 2.05) is 6.07 Å². The number of nitrogens with zero attached hydrogens (tertiary/aromatic N) is 7. The maximum absolute atomic E-state index is 14.0. The van der Waals surface area contributed by atoms with Crippen LogP contribution in [0.3, 0.4) is 0 Å². The minimum absolute atomic E-state index is 0.152. The van der Waals surface area contributed by atoms with E-state index in [4.69, 9.17) is 15.7 Å². The van der Waals surface area contributed by atoms with Crippen LogP contribution in [0.15, 0.2) is 55.2 Å². The SMILES string of the molecule is NC1CN(c2cncc(-c3cc4c(-c5nc6c(-c7cc(O)cc(F)c7)cncc6[nH]5)n[nH]c4cn3)n2)C1. The molecule has 0 atom stereocenters. The maximum atomic E-state index is 14.0. The number of aromatic amines is 2. The molecule has 0 spiro atoms. The van der Waals surface area contributed by atoms with Crippen molar-refractivity contribution in [1.29, 1.82) is 0 Å². The van der Waals surface area contributed by atoms with Crippen molar-refractivity contribution in [2.24, 2.45) is 5.73 Å². The summed E-state index contributed by atoms with van der Waals surface area (Å²) in [5, 5.41) is 18.1. The van der Waals surface area contributed by atoms with E-state index in [1.165, 1.54) is 12.1 Å².